The molecule has 0 spiro atoms. The molecule has 0 fully saturated rings. The van der Waals surface area contributed by atoms with E-state index in [2.05, 4.69) is 81.5 Å². The minimum atomic E-state index is -0.777. The van der Waals surface area contributed by atoms with Gasteiger partial charge in [-0.3, -0.25) is 14.4 Å². The molecule has 1 unspecified atom stereocenters. The first kappa shape index (κ1) is 71.1. The van der Waals surface area contributed by atoms with Crippen molar-refractivity contribution in [3.63, 3.8) is 0 Å². The van der Waals surface area contributed by atoms with Crippen molar-refractivity contribution in [3.8, 4) is 0 Å². The molecule has 74 heavy (non-hydrogen) atoms. The summed E-state index contributed by atoms with van der Waals surface area (Å²) in [4.78, 5) is 38.3. The predicted octanol–water partition coefficient (Wildman–Crippen LogP) is 21.9. The Morgan fingerprint density at radius 2 is 0.527 bits per heavy atom. The van der Waals surface area contributed by atoms with Crippen LogP contribution in [0.15, 0.2) is 60.8 Å². The molecule has 0 N–H and O–H groups in total. The van der Waals surface area contributed by atoms with Gasteiger partial charge in [0.05, 0.1) is 0 Å². The molecule has 0 aromatic carbocycles. The smallest absolute Gasteiger partial charge is 0.306 e. The van der Waals surface area contributed by atoms with Gasteiger partial charge in [-0.15, -0.1) is 0 Å². The number of carbonyl (C=O) groups excluding carboxylic acids is 3. The number of hydrogen-bond acceptors (Lipinski definition) is 6. The first-order valence-corrected chi connectivity index (χ1v) is 32.3. The van der Waals surface area contributed by atoms with Gasteiger partial charge >= 0.3 is 17.9 Å². The van der Waals surface area contributed by atoms with Crippen LogP contribution in [0.25, 0.3) is 0 Å². The summed E-state index contributed by atoms with van der Waals surface area (Å²) in [6.07, 6.45) is 79.4. The van der Waals surface area contributed by atoms with Crippen molar-refractivity contribution in [2.24, 2.45) is 0 Å². The number of hydrogen-bond donors (Lipinski definition) is 0. The Bertz CT molecular complexity index is 1330. The van der Waals surface area contributed by atoms with Crippen LogP contribution in [0.2, 0.25) is 0 Å². The summed E-state index contributed by atoms with van der Waals surface area (Å²) in [7, 11) is 0. The van der Waals surface area contributed by atoms with Gasteiger partial charge in [0.1, 0.15) is 13.2 Å². The van der Waals surface area contributed by atoms with E-state index in [1.54, 1.807) is 0 Å². The minimum absolute atomic E-state index is 0.0737. The fourth-order valence-electron chi connectivity index (χ4n) is 9.43. The highest BCUT2D eigenvalue weighted by Crippen LogP contribution is 2.17. The normalized spacial score (nSPS) is 12.4. The highest BCUT2D eigenvalue weighted by Gasteiger charge is 2.19. The highest BCUT2D eigenvalue weighted by atomic mass is 16.6. The third kappa shape index (κ3) is 60.0. The number of carbonyl (C=O) groups is 3. The van der Waals surface area contributed by atoms with Gasteiger partial charge in [0.2, 0.25) is 0 Å². The Morgan fingerprint density at radius 1 is 0.284 bits per heavy atom. The van der Waals surface area contributed by atoms with E-state index in [0.29, 0.717) is 19.3 Å². The van der Waals surface area contributed by atoms with Crippen LogP contribution >= 0.6 is 0 Å². The summed E-state index contributed by atoms with van der Waals surface area (Å²) in [5.74, 6) is -0.864. The van der Waals surface area contributed by atoms with Crippen LogP contribution in [-0.4, -0.2) is 37.2 Å². The lowest BCUT2D eigenvalue weighted by molar-refractivity contribution is -0.167. The standard InChI is InChI=1S/C68H122O6/c1-4-7-10-13-16-19-22-25-28-30-31-32-33-34-35-36-37-38-41-43-46-49-52-55-58-61-67(70)73-64-65(63-72-66(69)60-57-54-51-48-45-42-39-27-24-21-18-15-12-9-6-3)74-68(71)62-59-56-53-50-47-44-40-29-26-23-20-17-14-11-8-5-2/h7,10,16,19,25,28-29,31-32,40,65H,4-6,8-9,11-15,17-18,20-24,26-27,30,33-39,41-64H2,1-3H3/b10-7-,19-16-,28-25-,32-31-,40-29-. The van der Waals surface area contributed by atoms with Gasteiger partial charge in [0.25, 0.3) is 0 Å². The topological polar surface area (TPSA) is 78.9 Å². The molecular weight excluding hydrogens is 913 g/mol. The monoisotopic (exact) mass is 1030 g/mol. The summed E-state index contributed by atoms with van der Waals surface area (Å²) in [6.45, 7) is 6.57. The molecule has 0 aliphatic rings. The second kappa shape index (κ2) is 62.6. The van der Waals surface area contributed by atoms with Crippen LogP contribution in [0.5, 0.6) is 0 Å². The van der Waals surface area contributed by atoms with Gasteiger partial charge in [0.15, 0.2) is 6.10 Å². The number of allylic oxidation sites excluding steroid dienone is 10. The molecule has 1 atom stereocenters. The van der Waals surface area contributed by atoms with E-state index < -0.39 is 6.10 Å². The van der Waals surface area contributed by atoms with E-state index in [0.717, 1.165) is 89.9 Å². The fourth-order valence-corrected chi connectivity index (χ4v) is 9.43. The first-order valence-electron chi connectivity index (χ1n) is 32.3. The highest BCUT2D eigenvalue weighted by molar-refractivity contribution is 5.71. The number of esters is 3. The third-order valence-corrected chi connectivity index (χ3v) is 14.3. The second-order valence-electron chi connectivity index (χ2n) is 21.6. The van der Waals surface area contributed by atoms with E-state index in [-0.39, 0.29) is 31.1 Å². The van der Waals surface area contributed by atoms with Crippen molar-refractivity contribution in [2.45, 2.75) is 341 Å². The molecule has 0 saturated carbocycles. The Kier molecular flexibility index (Phi) is 60.2. The average molecular weight is 1040 g/mol. The maximum Gasteiger partial charge on any atom is 0.306 e. The van der Waals surface area contributed by atoms with Crippen molar-refractivity contribution in [1.82, 2.24) is 0 Å². The molecular formula is C68H122O6. The number of ether oxygens (including phenoxy) is 3. The zero-order valence-corrected chi connectivity index (χ0v) is 49.4. The van der Waals surface area contributed by atoms with Crippen molar-refractivity contribution in [2.75, 3.05) is 13.2 Å². The molecule has 0 radical (unpaired) electrons. The van der Waals surface area contributed by atoms with Crippen LogP contribution in [-0.2, 0) is 28.6 Å². The van der Waals surface area contributed by atoms with Crippen LogP contribution < -0.4 is 0 Å². The lowest BCUT2D eigenvalue weighted by Gasteiger charge is -2.18. The second-order valence-corrected chi connectivity index (χ2v) is 21.6. The molecule has 0 aliphatic carbocycles. The Balaban J connectivity index is 4.29. The molecule has 0 aromatic rings. The van der Waals surface area contributed by atoms with E-state index in [4.69, 9.17) is 14.2 Å². The number of rotatable bonds is 59. The van der Waals surface area contributed by atoms with Gasteiger partial charge in [-0.2, -0.15) is 0 Å². The van der Waals surface area contributed by atoms with Gasteiger partial charge < -0.3 is 14.2 Å². The Labute approximate surface area is 460 Å². The third-order valence-electron chi connectivity index (χ3n) is 14.3. The average Bonchev–Trinajstić information content (AvgIpc) is 3.40. The van der Waals surface area contributed by atoms with Crippen molar-refractivity contribution < 1.29 is 28.6 Å². The van der Waals surface area contributed by atoms with Gasteiger partial charge in [-0.25, -0.2) is 0 Å². The molecule has 430 valence electrons. The van der Waals surface area contributed by atoms with Gasteiger partial charge in [0, 0.05) is 19.3 Å². The maximum absolute atomic E-state index is 12.9. The molecule has 6 nitrogen and oxygen atoms in total. The molecule has 0 amide bonds. The van der Waals surface area contributed by atoms with E-state index in [1.165, 1.54) is 205 Å². The predicted molar refractivity (Wildman–Crippen MR) is 321 cm³/mol. The molecule has 0 rings (SSSR count). The SMILES string of the molecule is CC/C=C\C/C=C\C/C=C\C/C=C\CCCCCCCCCCCCCCC(=O)OCC(COC(=O)CCCCCCCCCCCCCCCCC)OC(=O)CCCCCCC/C=C\CCCCCCCCC. The summed E-state index contributed by atoms with van der Waals surface area (Å²) < 4.78 is 16.9. The largest absolute Gasteiger partial charge is 0.462 e. The first-order chi connectivity index (χ1) is 36.5. The lowest BCUT2D eigenvalue weighted by Crippen LogP contribution is -2.30. The van der Waals surface area contributed by atoms with Crippen LogP contribution in [0, 0.1) is 0 Å². The fraction of sp³-hybridized carbons (Fsp3) is 0.809. The van der Waals surface area contributed by atoms with E-state index in [1.807, 2.05) is 0 Å². The summed E-state index contributed by atoms with van der Waals surface area (Å²) in [5, 5.41) is 0. The van der Waals surface area contributed by atoms with E-state index in [9.17, 15) is 14.4 Å². The van der Waals surface area contributed by atoms with Crippen LogP contribution in [0.4, 0.5) is 0 Å². The quantitative estimate of drug-likeness (QED) is 0.0261. The molecule has 0 aliphatic heterocycles. The maximum atomic E-state index is 12.9. The van der Waals surface area contributed by atoms with Gasteiger partial charge in [-0.05, 0) is 83.5 Å². The molecule has 0 heterocycles. The van der Waals surface area contributed by atoms with Gasteiger partial charge in [-0.1, -0.05) is 293 Å². The van der Waals surface area contributed by atoms with Crippen molar-refractivity contribution in [3.05, 3.63) is 60.8 Å². The molecule has 0 saturated heterocycles. The zero-order chi connectivity index (χ0) is 53.6. The number of unbranched alkanes of at least 4 members (excludes halogenated alkanes) is 38. The Hall–Kier alpha value is -2.89. The van der Waals surface area contributed by atoms with Crippen LogP contribution in [0.1, 0.15) is 335 Å². The van der Waals surface area contributed by atoms with Crippen molar-refractivity contribution in [1.29, 1.82) is 0 Å². The minimum Gasteiger partial charge on any atom is -0.462 e. The van der Waals surface area contributed by atoms with Crippen molar-refractivity contribution >= 4 is 17.9 Å². The summed E-state index contributed by atoms with van der Waals surface area (Å²) >= 11 is 0. The van der Waals surface area contributed by atoms with Crippen LogP contribution in [0.3, 0.4) is 0 Å². The molecule has 0 bridgehead atoms. The zero-order valence-electron chi connectivity index (χ0n) is 49.4. The summed E-state index contributed by atoms with van der Waals surface area (Å²) in [5.41, 5.74) is 0. The molecule has 6 heteroatoms. The Morgan fingerprint density at radius 3 is 0.838 bits per heavy atom. The molecule has 0 aromatic heterocycles. The lowest BCUT2D eigenvalue weighted by atomic mass is 10.0. The summed E-state index contributed by atoms with van der Waals surface area (Å²) in [6, 6.07) is 0. The van der Waals surface area contributed by atoms with E-state index >= 15 is 0 Å².